The van der Waals surface area contributed by atoms with Crippen LogP contribution in [0.1, 0.15) is 239 Å². The number of amides is 1. The lowest BCUT2D eigenvalue weighted by Gasteiger charge is -2.15. The summed E-state index contributed by atoms with van der Waals surface area (Å²) in [6, 6.07) is -0.874. The van der Waals surface area contributed by atoms with Gasteiger partial charge in [-0.2, -0.15) is 0 Å². The minimum atomic E-state index is -1.02. The van der Waals surface area contributed by atoms with Crippen molar-refractivity contribution in [3.8, 4) is 0 Å². The van der Waals surface area contributed by atoms with Crippen LogP contribution in [0, 0.1) is 0 Å². The number of rotatable bonds is 43. The number of unbranched alkanes of at least 4 members (excludes halogenated alkanes) is 25. The van der Waals surface area contributed by atoms with Gasteiger partial charge in [-0.05, 0) is 96.1 Å². The monoisotopic (exact) mass is 787 g/mol. The molecule has 0 spiro atoms. The Morgan fingerprint density at radius 1 is 0.536 bits per heavy atom. The van der Waals surface area contributed by atoms with Gasteiger partial charge in [-0.15, -0.1) is 0 Å². The molecule has 0 saturated heterocycles. The fourth-order valence-electron chi connectivity index (χ4n) is 7.04. The summed E-state index contributed by atoms with van der Waals surface area (Å²) in [6.45, 7) is 4.90. The van der Waals surface area contributed by atoms with Crippen LogP contribution in [0.3, 0.4) is 0 Å². The van der Waals surface area contributed by atoms with E-state index >= 15 is 0 Å². The van der Waals surface area contributed by atoms with Gasteiger partial charge in [0.2, 0.25) is 5.91 Å². The maximum atomic E-state index is 12.8. The number of carboxylic acid groups (broad SMARTS) is 1. The Morgan fingerprint density at radius 2 is 0.982 bits per heavy atom. The molecular formula is C49H90N2O5. The normalized spacial score (nSPS) is 12.9. The highest BCUT2D eigenvalue weighted by atomic mass is 16.5. The molecule has 0 rings (SSSR count). The third-order valence-electron chi connectivity index (χ3n) is 10.7. The maximum Gasteiger partial charge on any atom is 0.326 e. The second-order valence-corrected chi connectivity index (χ2v) is 16.2. The summed E-state index contributed by atoms with van der Waals surface area (Å²) in [5.74, 6) is -1.35. The van der Waals surface area contributed by atoms with Crippen molar-refractivity contribution < 1.29 is 24.2 Å². The summed E-state index contributed by atoms with van der Waals surface area (Å²) in [6.07, 6.45) is 52.3. The molecule has 0 aromatic heterocycles. The number of carbonyl (C=O) groups is 3. The van der Waals surface area contributed by atoms with Crippen molar-refractivity contribution >= 4 is 17.8 Å². The number of allylic oxidation sites excluding steroid dienone is 5. The third kappa shape index (κ3) is 39.8. The van der Waals surface area contributed by atoms with Crippen LogP contribution >= 0.6 is 0 Å². The second-order valence-electron chi connectivity index (χ2n) is 16.2. The van der Waals surface area contributed by atoms with E-state index in [2.05, 4.69) is 49.5 Å². The Kier molecular flexibility index (Phi) is 41.8. The largest absolute Gasteiger partial charge is 0.480 e. The summed E-state index contributed by atoms with van der Waals surface area (Å²) < 4.78 is 5.92. The molecule has 2 unspecified atom stereocenters. The first-order valence-electron chi connectivity index (χ1n) is 23.8. The molecule has 7 heteroatoms. The molecule has 56 heavy (non-hydrogen) atoms. The van der Waals surface area contributed by atoms with Gasteiger partial charge in [0.1, 0.15) is 12.1 Å². The lowest BCUT2D eigenvalue weighted by atomic mass is 10.0. The maximum absolute atomic E-state index is 12.8. The number of hydrogen-bond donors (Lipinski definition) is 3. The van der Waals surface area contributed by atoms with Crippen LogP contribution in [0.25, 0.3) is 0 Å². The quantitative estimate of drug-likeness (QED) is 0.0322. The van der Waals surface area contributed by atoms with Crippen molar-refractivity contribution in [1.29, 1.82) is 0 Å². The lowest BCUT2D eigenvalue weighted by molar-refractivity contribution is -0.147. The fourth-order valence-corrected chi connectivity index (χ4v) is 7.04. The van der Waals surface area contributed by atoms with Crippen molar-refractivity contribution in [1.82, 2.24) is 5.32 Å². The zero-order chi connectivity index (χ0) is 41.0. The van der Waals surface area contributed by atoms with Crippen LogP contribution in [0.4, 0.5) is 0 Å². The number of ether oxygens (including phenoxy) is 1. The predicted octanol–water partition coefficient (Wildman–Crippen LogP) is 13.8. The van der Waals surface area contributed by atoms with Gasteiger partial charge in [0.15, 0.2) is 0 Å². The summed E-state index contributed by atoms with van der Waals surface area (Å²) in [5.41, 5.74) is 5.49. The Morgan fingerprint density at radius 3 is 1.52 bits per heavy atom. The zero-order valence-corrected chi connectivity index (χ0v) is 36.7. The van der Waals surface area contributed by atoms with Crippen molar-refractivity contribution in [2.24, 2.45) is 5.73 Å². The molecule has 1 amide bonds. The molecule has 0 heterocycles. The molecule has 0 saturated carbocycles. The minimum Gasteiger partial charge on any atom is -0.480 e. The highest BCUT2D eigenvalue weighted by Crippen LogP contribution is 2.16. The van der Waals surface area contributed by atoms with Gasteiger partial charge < -0.3 is 20.9 Å². The predicted molar refractivity (Wildman–Crippen MR) is 239 cm³/mol. The molecule has 7 nitrogen and oxygen atoms in total. The van der Waals surface area contributed by atoms with E-state index in [-0.39, 0.29) is 18.0 Å². The van der Waals surface area contributed by atoms with E-state index in [4.69, 9.17) is 10.5 Å². The number of nitrogens with one attached hydrogen (secondary N) is 1. The molecule has 0 aliphatic carbocycles. The molecule has 2 atom stereocenters. The first-order chi connectivity index (χ1) is 27.4. The summed E-state index contributed by atoms with van der Waals surface area (Å²) in [7, 11) is 0. The summed E-state index contributed by atoms with van der Waals surface area (Å²) in [5, 5.41) is 11.9. The van der Waals surface area contributed by atoms with E-state index in [0.717, 1.165) is 51.4 Å². The van der Waals surface area contributed by atoms with Crippen molar-refractivity contribution in [3.63, 3.8) is 0 Å². The average molecular weight is 787 g/mol. The van der Waals surface area contributed by atoms with Crippen LogP contribution in [0.5, 0.6) is 0 Å². The molecule has 326 valence electrons. The first kappa shape index (κ1) is 53.6. The topological polar surface area (TPSA) is 119 Å². The molecule has 0 aliphatic rings. The van der Waals surface area contributed by atoms with Gasteiger partial charge >= 0.3 is 11.9 Å². The van der Waals surface area contributed by atoms with Gasteiger partial charge in [0, 0.05) is 12.8 Å². The second kappa shape index (κ2) is 43.7. The third-order valence-corrected chi connectivity index (χ3v) is 10.7. The summed E-state index contributed by atoms with van der Waals surface area (Å²) in [4.78, 5) is 36.4. The average Bonchev–Trinajstić information content (AvgIpc) is 3.18. The number of carboxylic acids is 1. The minimum absolute atomic E-state index is 0.104. The highest BCUT2D eigenvalue weighted by molar-refractivity contribution is 5.83. The molecule has 0 radical (unpaired) electrons. The number of hydrogen-bond acceptors (Lipinski definition) is 5. The molecule has 0 aliphatic heterocycles. The number of nitrogens with two attached hydrogens (primary N) is 1. The molecule has 0 fully saturated rings. The van der Waals surface area contributed by atoms with E-state index in [1.54, 1.807) is 0 Å². The van der Waals surface area contributed by atoms with E-state index in [0.29, 0.717) is 38.6 Å². The van der Waals surface area contributed by atoms with Crippen molar-refractivity contribution in [2.75, 3.05) is 6.54 Å². The van der Waals surface area contributed by atoms with E-state index < -0.39 is 12.0 Å². The molecule has 0 aromatic carbocycles. The Balaban J connectivity index is 4.10. The van der Waals surface area contributed by atoms with Gasteiger partial charge in [0.25, 0.3) is 0 Å². The van der Waals surface area contributed by atoms with Crippen LogP contribution in [0.15, 0.2) is 36.5 Å². The Labute approximate surface area is 345 Å². The van der Waals surface area contributed by atoms with Gasteiger partial charge in [-0.1, -0.05) is 173 Å². The van der Waals surface area contributed by atoms with Gasteiger partial charge in [-0.3, -0.25) is 9.59 Å². The number of aliphatic carboxylic acids is 1. The molecule has 0 bridgehead atoms. The smallest absolute Gasteiger partial charge is 0.326 e. The highest BCUT2D eigenvalue weighted by Gasteiger charge is 2.19. The molecule has 4 N–H and O–H groups in total. The van der Waals surface area contributed by atoms with Crippen LogP contribution in [-0.4, -0.2) is 41.6 Å². The Hall–Kier alpha value is -2.41. The zero-order valence-electron chi connectivity index (χ0n) is 36.7. The lowest BCUT2D eigenvalue weighted by Crippen LogP contribution is -2.40. The molecular weight excluding hydrogens is 697 g/mol. The van der Waals surface area contributed by atoms with Crippen LogP contribution in [0.2, 0.25) is 0 Å². The molecule has 0 aromatic rings. The van der Waals surface area contributed by atoms with Gasteiger partial charge in [-0.25, -0.2) is 4.79 Å². The van der Waals surface area contributed by atoms with E-state index in [9.17, 15) is 19.5 Å². The first-order valence-corrected chi connectivity index (χ1v) is 23.8. The van der Waals surface area contributed by atoms with Gasteiger partial charge in [0.05, 0.1) is 0 Å². The number of esters is 1. The SMILES string of the molecule is CCCCC/C=C\C/C=C\C(CCCCCCC(=O)NC(CCCN)C(=O)O)OC(=O)CCCCCCCCCCCCC/C=C\CCCCCCCCCC. The standard InChI is InChI=1S/C49H90N2O5/c1-3-5-7-9-11-13-14-15-16-17-18-19-20-21-22-23-24-25-26-27-29-31-37-43-48(53)56-45(39-34-30-28-12-10-8-6-4-2)40-35-32-33-36-42-47(52)51-46(49(54)55)41-38-44-50/h12,17-18,28,34,39,45-46H,3-11,13-16,19-27,29-33,35-38,40-44,50H2,1-2H3,(H,51,52)(H,54,55)/b18-17-,28-12-,39-34-. The summed E-state index contributed by atoms with van der Waals surface area (Å²) >= 11 is 0. The Bertz CT molecular complexity index is 978. The van der Waals surface area contributed by atoms with Crippen molar-refractivity contribution in [3.05, 3.63) is 36.5 Å². The number of carbonyl (C=O) groups excluding carboxylic acids is 2. The van der Waals surface area contributed by atoms with Crippen LogP contribution < -0.4 is 11.1 Å². The van der Waals surface area contributed by atoms with E-state index in [1.807, 2.05) is 6.08 Å². The van der Waals surface area contributed by atoms with E-state index in [1.165, 1.54) is 141 Å². The van der Waals surface area contributed by atoms with Crippen molar-refractivity contribution in [2.45, 2.75) is 251 Å². The fraction of sp³-hybridized carbons (Fsp3) is 0.816. The van der Waals surface area contributed by atoms with Crippen LogP contribution in [-0.2, 0) is 19.1 Å².